The molecule has 46 valence electrons. The zero-order valence-electron chi connectivity index (χ0n) is 5.65. The molecule has 0 aromatic carbocycles. The summed E-state index contributed by atoms with van der Waals surface area (Å²) in [4.78, 5) is 3.91. The third-order valence-electron chi connectivity index (χ3n) is 1.07. The number of hydrogen-bond acceptors (Lipinski definition) is 2. The van der Waals surface area contributed by atoms with Gasteiger partial charge in [0.25, 0.3) is 0 Å². The summed E-state index contributed by atoms with van der Waals surface area (Å²) in [5, 5.41) is 2.89. The molecule has 0 amide bonds. The van der Waals surface area contributed by atoms with Crippen LogP contribution in [0.3, 0.4) is 0 Å². The summed E-state index contributed by atoms with van der Waals surface area (Å²) in [5.74, 6) is 0. The third kappa shape index (κ3) is 1.78. The minimum absolute atomic E-state index is 0.882. The van der Waals surface area contributed by atoms with E-state index in [-0.39, 0.29) is 0 Å². The van der Waals surface area contributed by atoms with Crippen molar-refractivity contribution >= 4 is 5.71 Å². The molecule has 0 radical (unpaired) electrons. The molecule has 0 aliphatic carbocycles. The fraction of sp³-hybridized carbons (Fsp3) is 0.500. The van der Waals surface area contributed by atoms with Gasteiger partial charge in [-0.05, 0) is 6.92 Å². The Morgan fingerprint density at radius 1 is 1.62 bits per heavy atom. The summed E-state index contributed by atoms with van der Waals surface area (Å²) in [6.45, 7) is 5.62. The van der Waals surface area contributed by atoms with E-state index in [1.165, 1.54) is 0 Å². The van der Waals surface area contributed by atoms with Crippen molar-refractivity contribution in [2.75, 3.05) is 14.1 Å². The molecule has 0 saturated carbocycles. The summed E-state index contributed by atoms with van der Waals surface area (Å²) in [5.41, 5.74) is 1.83. The van der Waals surface area contributed by atoms with Gasteiger partial charge in [0, 0.05) is 19.8 Å². The lowest BCUT2D eigenvalue weighted by Crippen LogP contribution is -2.11. The fourth-order valence-electron chi connectivity index (χ4n) is 0.316. The molecule has 0 atom stereocenters. The van der Waals surface area contributed by atoms with E-state index in [4.69, 9.17) is 0 Å². The van der Waals surface area contributed by atoms with Gasteiger partial charge in [0.1, 0.15) is 0 Å². The highest BCUT2D eigenvalue weighted by atomic mass is 14.9. The summed E-state index contributed by atoms with van der Waals surface area (Å²) in [6, 6.07) is 0. The van der Waals surface area contributed by atoms with E-state index in [1.807, 2.05) is 14.0 Å². The third-order valence-corrected chi connectivity index (χ3v) is 1.07. The van der Waals surface area contributed by atoms with Gasteiger partial charge < -0.3 is 5.32 Å². The van der Waals surface area contributed by atoms with Gasteiger partial charge in [0.2, 0.25) is 0 Å². The molecule has 0 aliphatic rings. The number of allylic oxidation sites excluding steroid dienone is 1. The van der Waals surface area contributed by atoms with Crippen LogP contribution in [0.15, 0.2) is 17.3 Å². The second-order valence-electron chi connectivity index (χ2n) is 1.54. The minimum Gasteiger partial charge on any atom is -0.387 e. The zero-order chi connectivity index (χ0) is 6.57. The second-order valence-corrected chi connectivity index (χ2v) is 1.54. The predicted octanol–water partition coefficient (Wildman–Crippen LogP) is 0.810. The van der Waals surface area contributed by atoms with Gasteiger partial charge in [-0.1, -0.05) is 6.58 Å². The van der Waals surface area contributed by atoms with Crippen molar-refractivity contribution in [1.29, 1.82) is 0 Å². The fourth-order valence-corrected chi connectivity index (χ4v) is 0.316. The SMILES string of the molecule is C=C(NC)C(C)=NC. The largest absolute Gasteiger partial charge is 0.387 e. The number of aliphatic imine (C=N–C) groups is 1. The molecule has 0 rings (SSSR count). The van der Waals surface area contributed by atoms with E-state index in [2.05, 4.69) is 16.9 Å². The molecule has 2 nitrogen and oxygen atoms in total. The highest BCUT2D eigenvalue weighted by Crippen LogP contribution is 1.85. The van der Waals surface area contributed by atoms with Gasteiger partial charge in [0.15, 0.2) is 0 Å². The first kappa shape index (κ1) is 7.21. The van der Waals surface area contributed by atoms with Crippen LogP contribution < -0.4 is 5.32 Å². The number of nitrogens with zero attached hydrogens (tertiary/aromatic N) is 1. The molecule has 0 heterocycles. The Hall–Kier alpha value is -0.790. The summed E-state index contributed by atoms with van der Waals surface area (Å²) >= 11 is 0. The van der Waals surface area contributed by atoms with Gasteiger partial charge in [0.05, 0.1) is 5.71 Å². The van der Waals surface area contributed by atoms with E-state index >= 15 is 0 Å². The molecule has 0 spiro atoms. The monoisotopic (exact) mass is 112 g/mol. The van der Waals surface area contributed by atoms with E-state index < -0.39 is 0 Å². The molecule has 0 aromatic heterocycles. The average Bonchev–Trinajstić information content (AvgIpc) is 1.84. The summed E-state index contributed by atoms with van der Waals surface area (Å²) in [7, 11) is 3.58. The maximum Gasteiger partial charge on any atom is 0.0538 e. The number of hydrogen-bond donors (Lipinski definition) is 1. The molecule has 0 saturated heterocycles. The molecule has 8 heavy (non-hydrogen) atoms. The van der Waals surface area contributed by atoms with Gasteiger partial charge in [-0.3, -0.25) is 4.99 Å². The quantitative estimate of drug-likeness (QED) is 0.525. The van der Waals surface area contributed by atoms with E-state index in [9.17, 15) is 0 Å². The highest BCUT2D eigenvalue weighted by molar-refractivity contribution is 5.96. The molecule has 0 fully saturated rings. The van der Waals surface area contributed by atoms with E-state index in [0.29, 0.717) is 0 Å². The number of rotatable bonds is 2. The van der Waals surface area contributed by atoms with Crippen molar-refractivity contribution in [3.05, 3.63) is 12.3 Å². The summed E-state index contributed by atoms with van der Waals surface area (Å²) < 4.78 is 0. The molecular weight excluding hydrogens is 100 g/mol. The average molecular weight is 112 g/mol. The highest BCUT2D eigenvalue weighted by Gasteiger charge is 1.89. The van der Waals surface area contributed by atoms with Gasteiger partial charge >= 0.3 is 0 Å². The van der Waals surface area contributed by atoms with Crippen molar-refractivity contribution in [1.82, 2.24) is 5.32 Å². The van der Waals surface area contributed by atoms with Crippen LogP contribution in [0, 0.1) is 0 Å². The van der Waals surface area contributed by atoms with Crippen molar-refractivity contribution in [2.24, 2.45) is 4.99 Å². The van der Waals surface area contributed by atoms with Crippen LogP contribution >= 0.6 is 0 Å². The van der Waals surface area contributed by atoms with Crippen LogP contribution in [0.5, 0.6) is 0 Å². The Kier molecular flexibility index (Phi) is 2.92. The predicted molar refractivity (Wildman–Crippen MR) is 37.2 cm³/mol. The van der Waals surface area contributed by atoms with Gasteiger partial charge in [-0.25, -0.2) is 0 Å². The molecular formula is C6H12N2. The normalized spacial score (nSPS) is 11.1. The Labute approximate surface area is 50.3 Å². The Morgan fingerprint density at radius 3 is 2.25 bits per heavy atom. The lowest BCUT2D eigenvalue weighted by molar-refractivity contribution is 1.05. The van der Waals surface area contributed by atoms with Crippen molar-refractivity contribution in [3.63, 3.8) is 0 Å². The lowest BCUT2D eigenvalue weighted by Gasteiger charge is -2.00. The van der Waals surface area contributed by atoms with Gasteiger partial charge in [-0.2, -0.15) is 0 Å². The van der Waals surface area contributed by atoms with Crippen LogP contribution in [0.25, 0.3) is 0 Å². The number of nitrogens with one attached hydrogen (secondary N) is 1. The zero-order valence-corrected chi connectivity index (χ0v) is 5.65. The Morgan fingerprint density at radius 2 is 2.12 bits per heavy atom. The smallest absolute Gasteiger partial charge is 0.0538 e. The molecule has 2 heteroatoms. The standard InChI is InChI=1S/C6H12N2/c1-5(7-3)6(2)8-4/h7H,1H2,2-4H3. The van der Waals surface area contributed by atoms with Crippen LogP contribution in [0.1, 0.15) is 6.92 Å². The maximum absolute atomic E-state index is 3.91. The molecule has 0 aliphatic heterocycles. The molecule has 0 aromatic rings. The first-order chi connectivity index (χ1) is 3.72. The van der Waals surface area contributed by atoms with Crippen LogP contribution in [0.4, 0.5) is 0 Å². The van der Waals surface area contributed by atoms with E-state index in [1.54, 1.807) is 7.05 Å². The molecule has 1 N–H and O–H groups in total. The van der Waals surface area contributed by atoms with Crippen molar-refractivity contribution < 1.29 is 0 Å². The van der Waals surface area contributed by atoms with Gasteiger partial charge in [-0.15, -0.1) is 0 Å². The lowest BCUT2D eigenvalue weighted by atomic mass is 10.3. The van der Waals surface area contributed by atoms with Crippen LogP contribution in [0.2, 0.25) is 0 Å². The molecule has 0 unspecified atom stereocenters. The minimum atomic E-state index is 0.882. The van der Waals surface area contributed by atoms with Crippen LogP contribution in [-0.4, -0.2) is 19.8 Å². The first-order valence-electron chi connectivity index (χ1n) is 2.52. The van der Waals surface area contributed by atoms with E-state index in [0.717, 1.165) is 11.4 Å². The maximum atomic E-state index is 3.91. The van der Waals surface area contributed by atoms with Crippen molar-refractivity contribution in [3.8, 4) is 0 Å². The second kappa shape index (κ2) is 3.24. The Balaban J connectivity index is 3.83. The summed E-state index contributed by atoms with van der Waals surface area (Å²) in [6.07, 6.45) is 0. The van der Waals surface area contributed by atoms with Crippen molar-refractivity contribution in [2.45, 2.75) is 6.92 Å². The first-order valence-corrected chi connectivity index (χ1v) is 2.52. The topological polar surface area (TPSA) is 24.4 Å². The van der Waals surface area contributed by atoms with Crippen LogP contribution in [-0.2, 0) is 0 Å². The molecule has 0 bridgehead atoms. The Bertz CT molecular complexity index is 114.